The maximum absolute atomic E-state index is 5.44. The lowest BCUT2D eigenvalue weighted by molar-refractivity contribution is 0.397. The minimum atomic E-state index is 0.327. The molecule has 0 bridgehead atoms. The lowest BCUT2D eigenvalue weighted by Gasteiger charge is -2.20. The Morgan fingerprint density at radius 1 is 1.15 bits per heavy atom. The van der Waals surface area contributed by atoms with Crippen LogP contribution in [0.15, 0.2) is 48.8 Å². The van der Waals surface area contributed by atoms with Crippen LogP contribution < -0.4 is 10.1 Å². The Hall–Kier alpha value is -1.87. The van der Waals surface area contributed by atoms with Gasteiger partial charge in [-0.3, -0.25) is 4.98 Å². The summed E-state index contributed by atoms with van der Waals surface area (Å²) in [7, 11) is 1.72. The Kier molecular flexibility index (Phi) is 5.56. The van der Waals surface area contributed by atoms with Gasteiger partial charge in [0.05, 0.1) is 7.11 Å². The van der Waals surface area contributed by atoms with Gasteiger partial charge in [0.25, 0.3) is 0 Å². The quantitative estimate of drug-likeness (QED) is 0.837. The smallest absolute Gasteiger partial charge is 0.123 e. The highest BCUT2D eigenvalue weighted by atomic mass is 16.5. The zero-order valence-corrected chi connectivity index (χ0v) is 12.2. The van der Waals surface area contributed by atoms with E-state index in [9.17, 15) is 0 Å². The number of para-hydroxylation sites is 1. The summed E-state index contributed by atoms with van der Waals surface area (Å²) < 4.78 is 5.44. The van der Waals surface area contributed by atoms with Crippen molar-refractivity contribution in [2.45, 2.75) is 25.8 Å². The summed E-state index contributed by atoms with van der Waals surface area (Å²) in [4.78, 5) is 4.04. The first-order valence-electron chi connectivity index (χ1n) is 7.10. The molecule has 0 saturated heterocycles. The number of ether oxygens (including phenoxy) is 1. The van der Waals surface area contributed by atoms with Crippen LogP contribution >= 0.6 is 0 Å². The minimum absolute atomic E-state index is 0.327. The lowest BCUT2D eigenvalue weighted by Crippen LogP contribution is -2.23. The summed E-state index contributed by atoms with van der Waals surface area (Å²) >= 11 is 0. The number of nitrogens with one attached hydrogen (secondary N) is 1. The Morgan fingerprint density at radius 2 is 1.90 bits per heavy atom. The topological polar surface area (TPSA) is 34.2 Å². The average molecular weight is 270 g/mol. The molecule has 0 aliphatic heterocycles. The van der Waals surface area contributed by atoms with E-state index in [1.165, 1.54) is 11.1 Å². The average Bonchev–Trinajstić information content (AvgIpc) is 2.53. The van der Waals surface area contributed by atoms with E-state index < -0.39 is 0 Å². The Labute approximate surface area is 121 Å². The number of hydrogen-bond donors (Lipinski definition) is 1. The maximum atomic E-state index is 5.44. The fourth-order valence-electron chi connectivity index (χ4n) is 2.37. The standard InChI is InChI=1S/C17H22N2O/c1-3-16(15-6-4-5-7-17(15)20-2)19-13-10-14-8-11-18-12-9-14/h4-9,11-12,16,19H,3,10,13H2,1-2H3. The molecule has 0 spiro atoms. The van der Waals surface area contributed by atoms with Crippen LogP contribution in [0.1, 0.15) is 30.5 Å². The van der Waals surface area contributed by atoms with E-state index in [0.717, 1.165) is 25.1 Å². The van der Waals surface area contributed by atoms with Gasteiger partial charge in [0.1, 0.15) is 5.75 Å². The summed E-state index contributed by atoms with van der Waals surface area (Å²) in [5.41, 5.74) is 2.54. The van der Waals surface area contributed by atoms with Gasteiger partial charge >= 0.3 is 0 Å². The number of rotatable bonds is 7. The molecule has 1 aromatic carbocycles. The van der Waals surface area contributed by atoms with Crippen molar-refractivity contribution in [1.82, 2.24) is 10.3 Å². The van der Waals surface area contributed by atoms with Crippen LogP contribution in [0.3, 0.4) is 0 Å². The number of methoxy groups -OCH3 is 1. The largest absolute Gasteiger partial charge is 0.496 e. The third-order valence-corrected chi connectivity index (χ3v) is 3.48. The Morgan fingerprint density at radius 3 is 2.60 bits per heavy atom. The summed E-state index contributed by atoms with van der Waals surface area (Å²) in [5.74, 6) is 0.954. The molecular weight excluding hydrogens is 248 g/mol. The zero-order chi connectivity index (χ0) is 14.2. The Balaban J connectivity index is 1.95. The summed E-state index contributed by atoms with van der Waals surface area (Å²) in [6.45, 7) is 3.14. The minimum Gasteiger partial charge on any atom is -0.496 e. The molecule has 1 heterocycles. The highest BCUT2D eigenvalue weighted by Gasteiger charge is 2.12. The van der Waals surface area contributed by atoms with Gasteiger partial charge in [-0.05, 0) is 43.1 Å². The number of pyridine rings is 1. The van der Waals surface area contributed by atoms with E-state index in [-0.39, 0.29) is 0 Å². The molecule has 0 fully saturated rings. The monoisotopic (exact) mass is 270 g/mol. The molecule has 20 heavy (non-hydrogen) atoms. The number of hydrogen-bond acceptors (Lipinski definition) is 3. The molecule has 0 amide bonds. The normalized spacial score (nSPS) is 12.1. The molecule has 0 saturated carbocycles. The van der Waals surface area contributed by atoms with Gasteiger partial charge in [-0.15, -0.1) is 0 Å². The van der Waals surface area contributed by atoms with Gasteiger partial charge in [-0.25, -0.2) is 0 Å². The number of aromatic nitrogens is 1. The summed E-state index contributed by atoms with van der Waals surface area (Å²) in [5, 5.41) is 3.61. The number of nitrogens with zero attached hydrogens (tertiary/aromatic N) is 1. The molecule has 0 radical (unpaired) electrons. The van der Waals surface area contributed by atoms with E-state index in [1.54, 1.807) is 7.11 Å². The van der Waals surface area contributed by atoms with Crippen LogP contribution in [0.4, 0.5) is 0 Å². The molecule has 3 heteroatoms. The first-order chi connectivity index (χ1) is 9.85. The van der Waals surface area contributed by atoms with E-state index in [4.69, 9.17) is 4.74 Å². The lowest BCUT2D eigenvalue weighted by atomic mass is 10.0. The molecule has 1 atom stereocenters. The van der Waals surface area contributed by atoms with Crippen molar-refractivity contribution in [1.29, 1.82) is 0 Å². The van der Waals surface area contributed by atoms with Crippen LogP contribution in [-0.2, 0) is 6.42 Å². The van der Waals surface area contributed by atoms with Crippen LogP contribution in [0.25, 0.3) is 0 Å². The second-order valence-corrected chi connectivity index (χ2v) is 4.76. The van der Waals surface area contributed by atoms with Crippen LogP contribution in [-0.4, -0.2) is 18.6 Å². The SMILES string of the molecule is CCC(NCCc1ccncc1)c1ccccc1OC. The predicted molar refractivity (Wildman–Crippen MR) is 82.0 cm³/mol. The van der Waals surface area contributed by atoms with E-state index in [2.05, 4.69) is 41.5 Å². The first-order valence-corrected chi connectivity index (χ1v) is 7.10. The molecule has 0 aliphatic rings. The second kappa shape index (κ2) is 7.65. The van der Waals surface area contributed by atoms with Crippen molar-refractivity contribution in [3.63, 3.8) is 0 Å². The van der Waals surface area contributed by atoms with Gasteiger partial charge in [0.15, 0.2) is 0 Å². The van der Waals surface area contributed by atoms with Crippen LogP contribution in [0.2, 0.25) is 0 Å². The zero-order valence-electron chi connectivity index (χ0n) is 12.2. The Bertz CT molecular complexity index is 513. The first kappa shape index (κ1) is 14.5. The van der Waals surface area contributed by atoms with Crippen molar-refractivity contribution < 1.29 is 4.74 Å². The predicted octanol–water partition coefficient (Wildman–Crippen LogP) is 3.37. The second-order valence-electron chi connectivity index (χ2n) is 4.76. The molecule has 0 aliphatic carbocycles. The van der Waals surface area contributed by atoms with Crippen LogP contribution in [0, 0.1) is 0 Å². The molecule has 2 rings (SSSR count). The van der Waals surface area contributed by atoms with E-state index >= 15 is 0 Å². The third-order valence-electron chi connectivity index (χ3n) is 3.48. The molecule has 106 valence electrons. The van der Waals surface area contributed by atoms with Crippen molar-refractivity contribution in [3.8, 4) is 5.75 Å². The van der Waals surface area contributed by atoms with Gasteiger partial charge in [-0.2, -0.15) is 0 Å². The fraction of sp³-hybridized carbons (Fsp3) is 0.353. The number of benzene rings is 1. The highest BCUT2D eigenvalue weighted by molar-refractivity contribution is 5.35. The third kappa shape index (κ3) is 3.81. The molecular formula is C17H22N2O. The van der Waals surface area contributed by atoms with Gasteiger partial charge in [0, 0.05) is 24.0 Å². The molecule has 3 nitrogen and oxygen atoms in total. The van der Waals surface area contributed by atoms with Gasteiger partial charge in [0.2, 0.25) is 0 Å². The van der Waals surface area contributed by atoms with Gasteiger partial charge in [-0.1, -0.05) is 25.1 Å². The van der Waals surface area contributed by atoms with Crippen molar-refractivity contribution in [2.24, 2.45) is 0 Å². The molecule has 1 N–H and O–H groups in total. The summed E-state index contributed by atoms with van der Waals surface area (Å²) in [6.07, 6.45) is 5.73. The molecule has 1 aromatic heterocycles. The fourth-order valence-corrected chi connectivity index (χ4v) is 2.37. The maximum Gasteiger partial charge on any atom is 0.123 e. The van der Waals surface area contributed by atoms with Gasteiger partial charge < -0.3 is 10.1 Å². The van der Waals surface area contributed by atoms with E-state index in [0.29, 0.717) is 6.04 Å². The van der Waals surface area contributed by atoms with Crippen LogP contribution in [0.5, 0.6) is 5.75 Å². The van der Waals surface area contributed by atoms with Crippen molar-refractivity contribution >= 4 is 0 Å². The molecule has 2 aromatic rings. The van der Waals surface area contributed by atoms with E-state index in [1.807, 2.05) is 24.5 Å². The molecule has 1 unspecified atom stereocenters. The van der Waals surface area contributed by atoms with Crippen molar-refractivity contribution in [3.05, 3.63) is 59.9 Å². The summed E-state index contributed by atoms with van der Waals surface area (Å²) in [6, 6.07) is 12.7. The highest BCUT2D eigenvalue weighted by Crippen LogP contribution is 2.26. The van der Waals surface area contributed by atoms with Crippen molar-refractivity contribution in [2.75, 3.05) is 13.7 Å².